The molecule has 1 aromatic carbocycles. The maximum atomic E-state index is 12.3. The predicted molar refractivity (Wildman–Crippen MR) is 95.0 cm³/mol. The van der Waals surface area contributed by atoms with E-state index in [0.29, 0.717) is 16.4 Å². The fourth-order valence-electron chi connectivity index (χ4n) is 2.13. The average molecular weight is 356 g/mol. The SMILES string of the molecule is CCCc1nnc(NC(=O)c2cccc(NC(=O)c3ccco3)c2)s1. The van der Waals surface area contributed by atoms with Crippen LogP contribution in [0.2, 0.25) is 0 Å². The molecule has 0 radical (unpaired) electrons. The third kappa shape index (κ3) is 4.30. The number of anilines is 2. The fourth-order valence-corrected chi connectivity index (χ4v) is 2.96. The van der Waals surface area contributed by atoms with Gasteiger partial charge in [0, 0.05) is 17.7 Å². The van der Waals surface area contributed by atoms with Gasteiger partial charge in [0.2, 0.25) is 5.13 Å². The van der Waals surface area contributed by atoms with Gasteiger partial charge in [-0.3, -0.25) is 14.9 Å². The number of nitrogens with one attached hydrogen (secondary N) is 2. The van der Waals surface area contributed by atoms with Gasteiger partial charge >= 0.3 is 0 Å². The Bertz CT molecular complexity index is 874. The molecule has 3 aromatic rings. The molecule has 0 aliphatic heterocycles. The van der Waals surface area contributed by atoms with Gasteiger partial charge in [-0.15, -0.1) is 10.2 Å². The van der Waals surface area contributed by atoms with Gasteiger partial charge in [-0.1, -0.05) is 24.3 Å². The highest BCUT2D eigenvalue weighted by atomic mass is 32.1. The summed E-state index contributed by atoms with van der Waals surface area (Å²) in [7, 11) is 0. The van der Waals surface area contributed by atoms with E-state index >= 15 is 0 Å². The van der Waals surface area contributed by atoms with Crippen LogP contribution in [0, 0.1) is 0 Å². The van der Waals surface area contributed by atoms with Crippen molar-refractivity contribution in [3.63, 3.8) is 0 Å². The Hall–Kier alpha value is -3.00. The van der Waals surface area contributed by atoms with Crippen LogP contribution < -0.4 is 10.6 Å². The molecule has 0 atom stereocenters. The molecule has 0 saturated heterocycles. The molecule has 0 bridgehead atoms. The second kappa shape index (κ2) is 7.71. The topological polar surface area (TPSA) is 97.1 Å². The standard InChI is InChI=1S/C17H16N4O3S/c1-2-5-14-20-21-17(25-14)19-15(22)11-6-3-7-12(10-11)18-16(23)13-8-4-9-24-13/h3-4,6-10H,2,5H2,1H3,(H,18,23)(H,19,21,22). The van der Waals surface area contributed by atoms with E-state index in [4.69, 9.17) is 4.42 Å². The first-order chi connectivity index (χ1) is 12.2. The van der Waals surface area contributed by atoms with Crippen molar-refractivity contribution in [1.82, 2.24) is 10.2 Å². The van der Waals surface area contributed by atoms with Gasteiger partial charge in [-0.05, 0) is 36.8 Å². The largest absolute Gasteiger partial charge is 0.459 e. The number of aromatic nitrogens is 2. The molecule has 2 heterocycles. The van der Waals surface area contributed by atoms with Crippen molar-refractivity contribution in [1.29, 1.82) is 0 Å². The van der Waals surface area contributed by atoms with Crippen LogP contribution in [0.5, 0.6) is 0 Å². The number of carbonyl (C=O) groups is 2. The first kappa shape index (κ1) is 16.8. The lowest BCUT2D eigenvalue weighted by Gasteiger charge is -2.06. The minimum Gasteiger partial charge on any atom is -0.459 e. The molecule has 128 valence electrons. The van der Waals surface area contributed by atoms with Crippen LogP contribution in [0.15, 0.2) is 47.1 Å². The Labute approximate surface area is 148 Å². The number of hydrogen-bond acceptors (Lipinski definition) is 6. The van der Waals surface area contributed by atoms with Gasteiger partial charge < -0.3 is 9.73 Å². The Morgan fingerprint density at radius 3 is 2.76 bits per heavy atom. The Kier molecular flexibility index (Phi) is 5.20. The molecule has 3 rings (SSSR count). The molecular weight excluding hydrogens is 340 g/mol. The summed E-state index contributed by atoms with van der Waals surface area (Å²) in [5.41, 5.74) is 0.905. The van der Waals surface area contributed by atoms with Crippen LogP contribution in [-0.2, 0) is 6.42 Å². The lowest BCUT2D eigenvalue weighted by molar-refractivity contribution is 0.0993. The summed E-state index contributed by atoms with van der Waals surface area (Å²) in [4.78, 5) is 24.3. The molecule has 0 fully saturated rings. The van der Waals surface area contributed by atoms with Crippen molar-refractivity contribution in [2.75, 3.05) is 10.6 Å². The smallest absolute Gasteiger partial charge is 0.291 e. The number of hydrogen-bond donors (Lipinski definition) is 2. The van der Waals surface area contributed by atoms with Crippen LogP contribution in [-0.4, -0.2) is 22.0 Å². The lowest BCUT2D eigenvalue weighted by Crippen LogP contribution is -2.14. The Morgan fingerprint density at radius 1 is 1.12 bits per heavy atom. The molecule has 2 aromatic heterocycles. The van der Waals surface area contributed by atoms with Crippen LogP contribution in [0.3, 0.4) is 0 Å². The van der Waals surface area contributed by atoms with Crippen molar-refractivity contribution in [3.8, 4) is 0 Å². The van der Waals surface area contributed by atoms with E-state index in [-0.39, 0.29) is 17.6 Å². The third-order valence-electron chi connectivity index (χ3n) is 3.28. The first-order valence-corrected chi connectivity index (χ1v) is 8.56. The zero-order chi connectivity index (χ0) is 17.6. The molecule has 0 unspecified atom stereocenters. The molecule has 0 spiro atoms. The molecule has 0 aliphatic carbocycles. The Balaban J connectivity index is 1.67. The summed E-state index contributed by atoms with van der Waals surface area (Å²) in [5, 5.41) is 14.7. The minimum absolute atomic E-state index is 0.201. The van der Waals surface area contributed by atoms with Gasteiger partial charge in [0.05, 0.1) is 6.26 Å². The van der Waals surface area contributed by atoms with Gasteiger partial charge in [-0.2, -0.15) is 0 Å². The van der Waals surface area contributed by atoms with E-state index in [9.17, 15) is 9.59 Å². The highest BCUT2D eigenvalue weighted by Crippen LogP contribution is 2.19. The zero-order valence-corrected chi connectivity index (χ0v) is 14.3. The monoisotopic (exact) mass is 356 g/mol. The summed E-state index contributed by atoms with van der Waals surface area (Å²) in [5.74, 6) is -0.489. The number of nitrogens with zero attached hydrogens (tertiary/aromatic N) is 2. The van der Waals surface area contributed by atoms with E-state index in [0.717, 1.165) is 17.8 Å². The molecule has 8 heteroatoms. The average Bonchev–Trinajstić information content (AvgIpc) is 3.27. The maximum absolute atomic E-state index is 12.3. The molecular formula is C17H16N4O3S. The quantitative estimate of drug-likeness (QED) is 0.703. The van der Waals surface area contributed by atoms with Gasteiger partial charge in [-0.25, -0.2) is 0 Å². The van der Waals surface area contributed by atoms with Crippen molar-refractivity contribution >= 4 is 34.0 Å². The zero-order valence-electron chi connectivity index (χ0n) is 13.5. The van der Waals surface area contributed by atoms with Crippen molar-refractivity contribution < 1.29 is 14.0 Å². The second-order valence-corrected chi connectivity index (χ2v) is 6.28. The van der Waals surface area contributed by atoms with E-state index in [1.165, 1.54) is 17.6 Å². The van der Waals surface area contributed by atoms with E-state index in [1.54, 1.807) is 36.4 Å². The summed E-state index contributed by atoms with van der Waals surface area (Å²) >= 11 is 1.36. The number of aryl methyl sites for hydroxylation is 1. The highest BCUT2D eigenvalue weighted by molar-refractivity contribution is 7.15. The van der Waals surface area contributed by atoms with Crippen molar-refractivity contribution in [2.24, 2.45) is 0 Å². The minimum atomic E-state index is -0.379. The van der Waals surface area contributed by atoms with Crippen molar-refractivity contribution in [2.45, 2.75) is 19.8 Å². The van der Waals surface area contributed by atoms with Crippen LogP contribution in [0.4, 0.5) is 10.8 Å². The van der Waals surface area contributed by atoms with Gasteiger partial charge in [0.15, 0.2) is 5.76 Å². The molecule has 7 nitrogen and oxygen atoms in total. The second-order valence-electron chi connectivity index (χ2n) is 5.22. The third-order valence-corrected chi connectivity index (χ3v) is 4.18. The first-order valence-electron chi connectivity index (χ1n) is 7.74. The summed E-state index contributed by atoms with van der Waals surface area (Å²) in [6, 6.07) is 9.83. The summed E-state index contributed by atoms with van der Waals surface area (Å²) in [6.45, 7) is 2.06. The lowest BCUT2D eigenvalue weighted by atomic mass is 10.2. The molecule has 2 N–H and O–H groups in total. The van der Waals surface area contributed by atoms with Crippen LogP contribution in [0.1, 0.15) is 39.3 Å². The van der Waals surface area contributed by atoms with Gasteiger partial charge in [0.1, 0.15) is 5.01 Å². The van der Waals surface area contributed by atoms with E-state index < -0.39 is 0 Å². The van der Waals surface area contributed by atoms with Crippen molar-refractivity contribution in [3.05, 3.63) is 59.0 Å². The van der Waals surface area contributed by atoms with Crippen LogP contribution in [0.25, 0.3) is 0 Å². The van der Waals surface area contributed by atoms with E-state index in [1.807, 2.05) is 0 Å². The predicted octanol–water partition coefficient (Wildman–Crippen LogP) is 3.59. The molecule has 2 amide bonds. The number of carbonyl (C=O) groups excluding carboxylic acids is 2. The highest BCUT2D eigenvalue weighted by Gasteiger charge is 2.13. The normalized spacial score (nSPS) is 10.4. The van der Waals surface area contributed by atoms with E-state index in [2.05, 4.69) is 27.8 Å². The summed E-state index contributed by atoms with van der Waals surface area (Å²) < 4.78 is 5.04. The van der Waals surface area contributed by atoms with Gasteiger partial charge in [0.25, 0.3) is 11.8 Å². The Morgan fingerprint density at radius 2 is 2.00 bits per heavy atom. The molecule has 25 heavy (non-hydrogen) atoms. The fraction of sp³-hybridized carbons (Fsp3) is 0.176. The number of benzene rings is 1. The summed E-state index contributed by atoms with van der Waals surface area (Å²) in [6.07, 6.45) is 3.23. The maximum Gasteiger partial charge on any atom is 0.291 e. The number of rotatable bonds is 6. The number of amides is 2. The van der Waals surface area contributed by atoms with Crippen LogP contribution >= 0.6 is 11.3 Å². The number of furan rings is 1. The molecule has 0 saturated carbocycles. The molecule has 0 aliphatic rings.